The fraction of sp³-hybridized carbons (Fsp3) is 0.346. The van der Waals surface area contributed by atoms with Crippen molar-refractivity contribution in [2.45, 2.75) is 31.0 Å². The number of fused-ring (bicyclic) bond motifs is 1. The van der Waals surface area contributed by atoms with Gasteiger partial charge in [-0.15, -0.1) is 0 Å². The van der Waals surface area contributed by atoms with E-state index in [1.807, 2.05) is 35.8 Å². The fourth-order valence-electron chi connectivity index (χ4n) is 4.08. The molecule has 1 aromatic heterocycles. The van der Waals surface area contributed by atoms with E-state index in [0.717, 1.165) is 17.3 Å². The largest absolute Gasteiger partial charge is 0.411 e. The minimum absolute atomic E-state index is 0.0658. The topological polar surface area (TPSA) is 141 Å². The highest BCUT2D eigenvalue weighted by atomic mass is 19.4. The van der Waals surface area contributed by atoms with Crippen LogP contribution in [0.5, 0.6) is 0 Å². The van der Waals surface area contributed by atoms with E-state index in [0.29, 0.717) is 30.9 Å². The molecule has 0 saturated heterocycles. The van der Waals surface area contributed by atoms with Crippen molar-refractivity contribution in [2.75, 3.05) is 31.6 Å². The number of nitrogens with one attached hydrogen (secondary N) is 4. The van der Waals surface area contributed by atoms with Crippen molar-refractivity contribution in [3.63, 3.8) is 0 Å². The van der Waals surface area contributed by atoms with E-state index < -0.39 is 6.18 Å². The molecule has 13 heteroatoms. The molecule has 0 radical (unpaired) electrons. The number of benzene rings is 1. The van der Waals surface area contributed by atoms with Crippen molar-refractivity contribution in [3.8, 4) is 6.07 Å². The number of hydrogen-bond donors (Lipinski definition) is 4. The summed E-state index contributed by atoms with van der Waals surface area (Å²) in [7, 11) is 0. The van der Waals surface area contributed by atoms with Crippen LogP contribution in [0, 0.1) is 11.3 Å². The molecule has 1 unspecified atom stereocenters. The Kier molecular flexibility index (Phi) is 10.8. The minimum Gasteiger partial charge on any atom is -0.383 e. The predicted molar refractivity (Wildman–Crippen MR) is 138 cm³/mol. The van der Waals surface area contributed by atoms with Crippen molar-refractivity contribution in [1.82, 2.24) is 21.0 Å². The van der Waals surface area contributed by atoms with E-state index in [1.165, 1.54) is 6.20 Å². The molecule has 1 aliphatic rings. The lowest BCUT2D eigenvalue weighted by Gasteiger charge is -2.22. The molecule has 2 aromatic rings. The zero-order valence-electron chi connectivity index (χ0n) is 20.9. The lowest BCUT2D eigenvalue weighted by atomic mass is 9.99. The Bertz CT molecular complexity index is 1210. The number of rotatable bonds is 14. The van der Waals surface area contributed by atoms with E-state index in [2.05, 4.69) is 26.0 Å². The number of hydrazone groups is 1. The Morgan fingerprint density at radius 3 is 2.74 bits per heavy atom. The summed E-state index contributed by atoms with van der Waals surface area (Å²) in [6.45, 7) is 1.06. The van der Waals surface area contributed by atoms with Gasteiger partial charge in [0, 0.05) is 44.2 Å². The Hall–Kier alpha value is -4.44. The average Bonchev–Trinajstić information content (AvgIpc) is 3.26. The van der Waals surface area contributed by atoms with Crippen LogP contribution < -0.4 is 21.4 Å². The lowest BCUT2D eigenvalue weighted by Crippen LogP contribution is -2.32. The molecule has 4 N–H and O–H groups in total. The van der Waals surface area contributed by atoms with E-state index in [1.54, 1.807) is 12.1 Å². The van der Waals surface area contributed by atoms with Gasteiger partial charge in [0.1, 0.15) is 11.9 Å². The monoisotopic (exact) mass is 543 g/mol. The second kappa shape index (κ2) is 14.5. The van der Waals surface area contributed by atoms with Gasteiger partial charge in [0.15, 0.2) is 0 Å². The number of amides is 2. The van der Waals surface area contributed by atoms with E-state index in [4.69, 9.17) is 10.00 Å². The first-order valence-corrected chi connectivity index (χ1v) is 12.1. The molecular weight excluding hydrogens is 515 g/mol. The first-order valence-electron chi connectivity index (χ1n) is 12.1. The molecule has 0 saturated carbocycles. The van der Waals surface area contributed by atoms with E-state index in [-0.39, 0.29) is 55.7 Å². The Morgan fingerprint density at radius 1 is 1.21 bits per heavy atom. The van der Waals surface area contributed by atoms with Crippen molar-refractivity contribution in [2.24, 2.45) is 5.10 Å². The maximum Gasteiger partial charge on any atom is 0.411 e. The molecule has 1 aromatic carbocycles. The third-order valence-electron chi connectivity index (χ3n) is 5.81. The van der Waals surface area contributed by atoms with Gasteiger partial charge in [-0.1, -0.05) is 24.3 Å². The summed E-state index contributed by atoms with van der Waals surface area (Å²) >= 11 is 0. The number of ether oxygens (including phenoxy) is 1. The summed E-state index contributed by atoms with van der Waals surface area (Å²) in [6.07, 6.45) is -1.60. The number of hydrogen-bond acceptors (Lipinski definition) is 8. The van der Waals surface area contributed by atoms with Crippen molar-refractivity contribution in [1.29, 1.82) is 5.26 Å². The number of pyridine rings is 1. The highest BCUT2D eigenvalue weighted by Gasteiger charge is 2.33. The predicted octanol–water partition coefficient (Wildman–Crippen LogP) is 2.36. The standard InChI is InChI=1S/C26H28F3N7O3/c27-26(28,29)12-20(15-35-36-17-37)33-16-22-21-4-2-1-3-19(21)11-23(22)39-10-7-25(38)32-9-8-31-24-6-5-18(13-30)14-34-24/h1-6,12,14-15,17,22-23,33H,7-11,16H2,(H,31,34)(H,32,38)(H,36,37)/b20-12-,35-15-/t22?,23-/m1/s1. The van der Waals surface area contributed by atoms with Crippen LogP contribution in [0.2, 0.25) is 0 Å². The summed E-state index contributed by atoms with van der Waals surface area (Å²) in [5.41, 5.74) is 4.07. The van der Waals surface area contributed by atoms with Gasteiger partial charge in [-0.3, -0.25) is 9.59 Å². The van der Waals surface area contributed by atoms with Crippen LogP contribution in [0.1, 0.15) is 29.0 Å². The smallest absolute Gasteiger partial charge is 0.383 e. The summed E-state index contributed by atoms with van der Waals surface area (Å²) in [4.78, 5) is 26.7. The Balaban J connectivity index is 1.49. The maximum atomic E-state index is 13.0. The van der Waals surface area contributed by atoms with Gasteiger partial charge in [-0.05, 0) is 29.7 Å². The number of allylic oxidation sites excluding steroid dienone is 2. The number of halogens is 3. The number of carbonyl (C=O) groups is 2. The van der Waals surface area contributed by atoms with Gasteiger partial charge in [-0.25, -0.2) is 10.4 Å². The first-order chi connectivity index (χ1) is 18.8. The highest BCUT2D eigenvalue weighted by molar-refractivity contribution is 5.78. The molecule has 0 fully saturated rings. The summed E-state index contributed by atoms with van der Waals surface area (Å²) in [5, 5.41) is 20.8. The summed E-state index contributed by atoms with van der Waals surface area (Å²) in [6, 6.07) is 12.9. The van der Waals surface area contributed by atoms with Crippen molar-refractivity contribution >= 4 is 24.3 Å². The van der Waals surface area contributed by atoms with Gasteiger partial charge in [0.2, 0.25) is 12.3 Å². The molecular formula is C26H28F3N7O3. The second-order valence-electron chi connectivity index (χ2n) is 8.52. The molecule has 3 rings (SSSR count). The van der Waals surface area contributed by atoms with Gasteiger partial charge < -0.3 is 20.7 Å². The number of anilines is 1. The van der Waals surface area contributed by atoms with Crippen LogP contribution in [-0.4, -0.2) is 62.0 Å². The lowest BCUT2D eigenvalue weighted by molar-refractivity contribution is -0.122. The normalized spacial score (nSPS) is 16.8. The molecule has 2 atom stereocenters. The van der Waals surface area contributed by atoms with Crippen molar-refractivity contribution < 1.29 is 27.5 Å². The summed E-state index contributed by atoms with van der Waals surface area (Å²) < 4.78 is 44.9. The average molecular weight is 544 g/mol. The molecule has 2 amide bonds. The zero-order valence-corrected chi connectivity index (χ0v) is 20.9. The third kappa shape index (κ3) is 9.75. The van der Waals surface area contributed by atoms with Crippen LogP contribution in [0.4, 0.5) is 19.0 Å². The zero-order chi connectivity index (χ0) is 28.1. The molecule has 39 heavy (non-hydrogen) atoms. The molecule has 206 valence electrons. The van der Waals surface area contributed by atoms with E-state index >= 15 is 0 Å². The molecule has 1 aliphatic carbocycles. The number of carbonyl (C=O) groups excluding carboxylic acids is 2. The molecule has 10 nitrogen and oxygen atoms in total. The van der Waals surface area contributed by atoms with Crippen LogP contribution in [-0.2, 0) is 20.7 Å². The van der Waals surface area contributed by atoms with Gasteiger partial charge in [-0.2, -0.15) is 23.5 Å². The number of nitrogens with zero attached hydrogens (tertiary/aromatic N) is 3. The third-order valence-corrected chi connectivity index (χ3v) is 5.81. The minimum atomic E-state index is -4.58. The Labute approximate surface area is 223 Å². The van der Waals surface area contributed by atoms with Crippen LogP contribution in [0.25, 0.3) is 0 Å². The Morgan fingerprint density at radius 2 is 2.03 bits per heavy atom. The maximum absolute atomic E-state index is 13.0. The summed E-state index contributed by atoms with van der Waals surface area (Å²) in [5.74, 6) is 0.119. The van der Waals surface area contributed by atoms with Crippen LogP contribution in [0.15, 0.2) is 59.5 Å². The molecule has 1 heterocycles. The first kappa shape index (κ1) is 29.1. The van der Waals surface area contributed by atoms with Gasteiger partial charge in [0.05, 0.1) is 30.2 Å². The molecule has 0 aliphatic heterocycles. The number of nitriles is 1. The van der Waals surface area contributed by atoms with Crippen LogP contribution in [0.3, 0.4) is 0 Å². The highest BCUT2D eigenvalue weighted by Crippen LogP contribution is 2.35. The second-order valence-corrected chi connectivity index (χ2v) is 8.52. The molecule has 0 bridgehead atoms. The number of alkyl halides is 3. The van der Waals surface area contributed by atoms with E-state index in [9.17, 15) is 22.8 Å². The number of aromatic nitrogens is 1. The SMILES string of the molecule is N#Cc1ccc(NCCNC(=O)CCO[C@@H]2Cc3ccccc3C2CNC(/C=N\NC=O)=C\C(F)(F)F)nc1. The molecule has 0 spiro atoms. The van der Waals surface area contributed by atoms with Gasteiger partial charge >= 0.3 is 6.18 Å². The van der Waals surface area contributed by atoms with Crippen LogP contribution >= 0.6 is 0 Å². The van der Waals surface area contributed by atoms with Crippen molar-refractivity contribution in [3.05, 3.63) is 71.1 Å². The quantitative estimate of drug-likeness (QED) is 0.124. The fourth-order valence-corrected chi connectivity index (χ4v) is 4.08. The van der Waals surface area contributed by atoms with Gasteiger partial charge in [0.25, 0.3) is 0 Å².